The van der Waals surface area contributed by atoms with E-state index in [4.69, 9.17) is 11.6 Å². The highest BCUT2D eigenvalue weighted by Crippen LogP contribution is 2.17. The van der Waals surface area contributed by atoms with Crippen LogP contribution in [0.5, 0.6) is 0 Å². The van der Waals surface area contributed by atoms with E-state index in [-0.39, 0.29) is 5.69 Å². The monoisotopic (exact) mass is 237 g/mol. The van der Waals surface area contributed by atoms with Crippen LogP contribution in [0, 0.1) is 0 Å². The van der Waals surface area contributed by atoms with Crippen molar-refractivity contribution in [2.24, 2.45) is 0 Å². The summed E-state index contributed by atoms with van der Waals surface area (Å²) in [7, 11) is 0. The predicted octanol–water partition coefficient (Wildman–Crippen LogP) is 0.00610. The van der Waals surface area contributed by atoms with Crippen LogP contribution in [0.15, 0.2) is 36.8 Å². The van der Waals surface area contributed by atoms with Gasteiger partial charge in [0.05, 0.1) is 6.33 Å². The van der Waals surface area contributed by atoms with Gasteiger partial charge in [-0.3, -0.25) is 0 Å². The Kier molecular flexibility index (Phi) is 2.82. The first-order chi connectivity index (χ1) is 7.58. The number of H-pyrrole nitrogens is 1. The van der Waals surface area contributed by atoms with Crippen LogP contribution in [0.2, 0.25) is 5.02 Å². The van der Waals surface area contributed by atoms with Crippen molar-refractivity contribution in [3.8, 4) is 0 Å². The fourth-order valence-corrected chi connectivity index (χ4v) is 1.35. The maximum atomic E-state index is 11.6. The molecule has 84 valence electrons. The van der Waals surface area contributed by atoms with Crippen LogP contribution in [0.1, 0.15) is 5.69 Å². The van der Waals surface area contributed by atoms with Gasteiger partial charge in [-0.25, -0.2) is 4.98 Å². The molecule has 0 amide bonds. The Hall–Kier alpha value is -1.56. The van der Waals surface area contributed by atoms with Crippen molar-refractivity contribution in [2.45, 2.75) is 5.91 Å². The molecular weight excluding hydrogens is 230 g/mol. The SMILES string of the molecule is [O-]C([O-])(Nc1ccc(Cl)cc1)c1cnc[nH]1. The van der Waals surface area contributed by atoms with Crippen LogP contribution >= 0.6 is 11.6 Å². The summed E-state index contributed by atoms with van der Waals surface area (Å²) >= 11 is 5.68. The number of hydrogen-bond acceptors (Lipinski definition) is 4. The second-order valence-electron chi connectivity index (χ2n) is 3.21. The molecule has 0 aliphatic heterocycles. The van der Waals surface area contributed by atoms with E-state index in [1.165, 1.54) is 12.5 Å². The number of nitrogens with zero attached hydrogens (tertiary/aromatic N) is 1. The molecule has 16 heavy (non-hydrogen) atoms. The molecule has 0 radical (unpaired) electrons. The summed E-state index contributed by atoms with van der Waals surface area (Å²) in [6, 6.07) is 6.30. The Morgan fingerprint density at radius 1 is 1.25 bits per heavy atom. The van der Waals surface area contributed by atoms with Gasteiger partial charge in [-0.15, -0.1) is 0 Å². The lowest BCUT2D eigenvalue weighted by atomic mass is 10.3. The van der Waals surface area contributed by atoms with Crippen molar-refractivity contribution in [1.29, 1.82) is 0 Å². The number of hydrogen-bond donors (Lipinski definition) is 2. The molecule has 0 saturated carbocycles. The van der Waals surface area contributed by atoms with Gasteiger partial charge in [-0.05, 0) is 24.3 Å². The van der Waals surface area contributed by atoms with Crippen molar-refractivity contribution in [3.05, 3.63) is 47.5 Å². The number of aromatic nitrogens is 2. The number of benzene rings is 1. The Balaban J connectivity index is 2.18. The van der Waals surface area contributed by atoms with Crippen molar-refractivity contribution >= 4 is 17.3 Å². The largest absolute Gasteiger partial charge is 0.843 e. The number of aromatic amines is 1. The fourth-order valence-electron chi connectivity index (χ4n) is 1.23. The number of anilines is 1. The van der Waals surface area contributed by atoms with Crippen LogP contribution in [0.3, 0.4) is 0 Å². The first-order valence-corrected chi connectivity index (χ1v) is 4.89. The standard InChI is InChI=1S/C10H8ClN3O2/c11-7-1-3-8(4-2-7)14-10(15,16)9-5-12-6-13-9/h1-6,14H,(H,12,13)/q-2. The Bertz CT molecular complexity index is 453. The van der Waals surface area contributed by atoms with E-state index < -0.39 is 5.91 Å². The van der Waals surface area contributed by atoms with Crippen molar-refractivity contribution in [1.82, 2.24) is 9.97 Å². The summed E-state index contributed by atoms with van der Waals surface area (Å²) in [4.78, 5) is 6.11. The highest BCUT2D eigenvalue weighted by molar-refractivity contribution is 6.30. The van der Waals surface area contributed by atoms with Gasteiger partial charge in [0.15, 0.2) is 0 Å². The van der Waals surface area contributed by atoms with E-state index in [0.717, 1.165) is 0 Å². The van der Waals surface area contributed by atoms with E-state index in [2.05, 4.69) is 15.3 Å². The Morgan fingerprint density at radius 3 is 2.50 bits per heavy atom. The molecule has 0 bridgehead atoms. The molecule has 2 aromatic rings. The zero-order valence-corrected chi connectivity index (χ0v) is 8.86. The maximum Gasteiger partial charge on any atom is 0.0921 e. The fraction of sp³-hybridized carbons (Fsp3) is 0.100. The first kappa shape index (κ1) is 10.9. The van der Waals surface area contributed by atoms with Gasteiger partial charge < -0.3 is 20.5 Å². The third-order valence-corrected chi connectivity index (χ3v) is 2.26. The van der Waals surface area contributed by atoms with Gasteiger partial charge >= 0.3 is 0 Å². The van der Waals surface area contributed by atoms with Gasteiger partial charge in [0.25, 0.3) is 0 Å². The summed E-state index contributed by atoms with van der Waals surface area (Å²) in [5.74, 6) is -2.69. The minimum absolute atomic E-state index is 0.0672. The zero-order chi connectivity index (χ0) is 11.6. The normalized spacial score (nSPS) is 11.4. The summed E-state index contributed by atoms with van der Waals surface area (Å²) < 4.78 is 0. The number of rotatable bonds is 3. The quantitative estimate of drug-likeness (QED) is 0.736. The lowest BCUT2D eigenvalue weighted by Gasteiger charge is -2.48. The molecule has 0 aliphatic rings. The summed E-state index contributed by atoms with van der Waals surface area (Å²) in [6.07, 6.45) is 2.48. The van der Waals surface area contributed by atoms with Gasteiger partial charge in [-0.2, -0.15) is 0 Å². The third kappa shape index (κ3) is 2.33. The highest BCUT2D eigenvalue weighted by Gasteiger charge is 2.06. The smallest absolute Gasteiger partial charge is 0.0921 e. The van der Waals surface area contributed by atoms with Crippen LogP contribution in [-0.4, -0.2) is 9.97 Å². The molecule has 0 fully saturated rings. The Morgan fingerprint density at radius 2 is 1.94 bits per heavy atom. The minimum Gasteiger partial charge on any atom is -0.843 e. The van der Waals surface area contributed by atoms with E-state index in [1.54, 1.807) is 24.3 Å². The summed E-state index contributed by atoms with van der Waals surface area (Å²) in [5.41, 5.74) is 0.339. The predicted molar refractivity (Wildman–Crippen MR) is 55.3 cm³/mol. The molecule has 2 rings (SSSR count). The highest BCUT2D eigenvalue weighted by atomic mass is 35.5. The molecular formula is C10H8ClN3O2-2. The van der Waals surface area contributed by atoms with Gasteiger partial charge in [0.2, 0.25) is 0 Å². The van der Waals surface area contributed by atoms with Crippen molar-refractivity contribution in [2.75, 3.05) is 5.32 Å². The molecule has 1 heterocycles. The average molecular weight is 238 g/mol. The summed E-state index contributed by atoms with van der Waals surface area (Å²) in [5, 5.41) is 26.1. The summed E-state index contributed by atoms with van der Waals surface area (Å²) in [6.45, 7) is 0. The maximum absolute atomic E-state index is 11.6. The Labute approximate surface area is 96.7 Å². The minimum atomic E-state index is -2.69. The van der Waals surface area contributed by atoms with Crippen LogP contribution < -0.4 is 15.5 Å². The van der Waals surface area contributed by atoms with E-state index in [9.17, 15) is 10.2 Å². The zero-order valence-electron chi connectivity index (χ0n) is 8.11. The van der Waals surface area contributed by atoms with Crippen LogP contribution in [0.4, 0.5) is 5.69 Å². The van der Waals surface area contributed by atoms with E-state index in [0.29, 0.717) is 10.7 Å². The molecule has 6 heteroatoms. The van der Waals surface area contributed by atoms with Gasteiger partial charge in [0, 0.05) is 22.6 Å². The van der Waals surface area contributed by atoms with Crippen LogP contribution in [0.25, 0.3) is 0 Å². The molecule has 0 spiro atoms. The molecule has 1 aromatic heterocycles. The lowest BCUT2D eigenvalue weighted by molar-refractivity contribution is -0.725. The van der Waals surface area contributed by atoms with Crippen molar-refractivity contribution < 1.29 is 10.2 Å². The second kappa shape index (κ2) is 4.13. The van der Waals surface area contributed by atoms with E-state index >= 15 is 0 Å². The first-order valence-electron chi connectivity index (χ1n) is 4.51. The van der Waals surface area contributed by atoms with Gasteiger partial charge in [-0.1, -0.05) is 17.5 Å². The molecule has 0 saturated heterocycles. The molecule has 0 unspecified atom stereocenters. The molecule has 0 atom stereocenters. The molecule has 0 aliphatic carbocycles. The number of imidazole rings is 1. The number of nitrogens with one attached hydrogen (secondary N) is 2. The topological polar surface area (TPSA) is 86.8 Å². The number of halogens is 1. The molecule has 5 nitrogen and oxygen atoms in total. The van der Waals surface area contributed by atoms with Crippen LogP contribution in [-0.2, 0) is 5.91 Å². The average Bonchev–Trinajstić information content (AvgIpc) is 2.75. The van der Waals surface area contributed by atoms with E-state index in [1.807, 2.05) is 0 Å². The second-order valence-corrected chi connectivity index (χ2v) is 3.65. The molecule has 1 aromatic carbocycles. The molecule has 2 N–H and O–H groups in total. The van der Waals surface area contributed by atoms with Gasteiger partial charge in [0.1, 0.15) is 0 Å². The third-order valence-electron chi connectivity index (χ3n) is 2.01. The van der Waals surface area contributed by atoms with Crippen molar-refractivity contribution in [3.63, 3.8) is 0 Å². The lowest BCUT2D eigenvalue weighted by Crippen LogP contribution is -2.59.